The fourth-order valence-electron chi connectivity index (χ4n) is 0. The van der Waals surface area contributed by atoms with Gasteiger partial charge >= 0.3 is 94.1 Å². The second-order valence-corrected chi connectivity index (χ2v) is 2.66. The van der Waals surface area contributed by atoms with Crippen molar-refractivity contribution in [3.8, 4) is 0 Å². The molecule has 0 bridgehead atoms. The quantitative estimate of drug-likeness (QED) is 0.439. The molecule has 10 heteroatoms. The Labute approximate surface area is 92.8 Å². The van der Waals surface area contributed by atoms with Crippen molar-refractivity contribution < 1.29 is 56.3 Å². The van der Waals surface area contributed by atoms with E-state index in [2.05, 4.69) is 0 Å². The topological polar surface area (TPSA) is 135 Å². The van der Waals surface area contributed by atoms with Gasteiger partial charge in [0.25, 0.3) is 0 Å². The zero-order chi connectivity index (χ0) is 8.08. The Morgan fingerprint density at radius 1 is 1.20 bits per heavy atom. The Kier molecular flexibility index (Phi) is 15.0. The third kappa shape index (κ3) is 319. The summed E-state index contributed by atoms with van der Waals surface area (Å²) >= 11 is -9.44. The second-order valence-electron chi connectivity index (χ2n) is 0.646. The molecule has 0 aromatic carbocycles. The number of rotatable bonds is 0. The van der Waals surface area contributed by atoms with Gasteiger partial charge in [0.2, 0.25) is 0 Å². The van der Waals surface area contributed by atoms with Crippen LogP contribution >= 0.6 is 0 Å². The Morgan fingerprint density at radius 2 is 1.20 bits per heavy atom. The zero-order valence-corrected chi connectivity index (χ0v) is 9.34. The van der Waals surface area contributed by atoms with Crippen molar-refractivity contribution in [2.45, 2.75) is 0 Å². The maximum atomic E-state index is 8.67. The first-order chi connectivity index (χ1) is 3.73. The van der Waals surface area contributed by atoms with Crippen LogP contribution in [0.25, 0.3) is 0 Å². The molecule has 0 fully saturated rings. The summed E-state index contributed by atoms with van der Waals surface area (Å²) in [6.07, 6.45) is 0. The van der Waals surface area contributed by atoms with Crippen LogP contribution in [0.3, 0.4) is 0 Å². The zero-order valence-electron chi connectivity index (χ0n) is 4.46. The molecule has 0 radical (unpaired) electrons. The van der Waals surface area contributed by atoms with Crippen LogP contribution in [0.15, 0.2) is 0 Å². The molecule has 10 heavy (non-hydrogen) atoms. The van der Waals surface area contributed by atoms with Gasteiger partial charge in [-0.3, -0.25) is 0 Å². The van der Waals surface area contributed by atoms with Gasteiger partial charge in [0, 0.05) is 0 Å². The van der Waals surface area contributed by atoms with Crippen molar-refractivity contribution in [1.29, 1.82) is 0 Å². The third-order valence-corrected chi connectivity index (χ3v) is 0. The summed E-state index contributed by atoms with van der Waals surface area (Å²) in [4.78, 5) is 0. The minimum absolute atomic E-state index is 0. The summed E-state index contributed by atoms with van der Waals surface area (Å²) in [5.74, 6) is 0. The molecule has 0 aromatic heterocycles. The van der Waals surface area contributed by atoms with Gasteiger partial charge in [0.05, 0.1) is 0 Å². The molecule has 0 amide bonds. The van der Waals surface area contributed by atoms with Gasteiger partial charge in [-0.25, -0.2) is 0 Å². The molecule has 0 aliphatic heterocycles. The van der Waals surface area contributed by atoms with E-state index < -0.39 is 29.0 Å². The first-order valence-corrected chi connectivity index (χ1v) is 5.08. The van der Waals surface area contributed by atoms with Crippen LogP contribution in [-0.4, -0.2) is 41.8 Å². The summed E-state index contributed by atoms with van der Waals surface area (Å²) in [6.45, 7) is 0. The fraction of sp³-hybridized carbons (Fsp3) is 0. The molecule has 0 aromatic rings. The third-order valence-electron chi connectivity index (χ3n) is 0. The van der Waals surface area contributed by atoms with Crippen LogP contribution in [0.1, 0.15) is 0 Å². The molecule has 0 heterocycles. The Hall–Kier alpha value is 1.46. The van der Waals surface area contributed by atoms with Gasteiger partial charge in [-0.2, -0.15) is 0 Å². The van der Waals surface area contributed by atoms with Crippen LogP contribution < -0.4 is 8.32 Å². The molecule has 0 rings (SSSR count). The van der Waals surface area contributed by atoms with Gasteiger partial charge < -0.3 is 0 Å². The SMILES string of the molecule is [Ca+2].[O]=[Cr](=[O])([O-])[O-].[O]=[V](=[O])[OH]. The van der Waals surface area contributed by atoms with Crippen molar-refractivity contribution >= 4 is 37.7 Å². The first kappa shape index (κ1) is 17.5. The van der Waals surface area contributed by atoms with Gasteiger partial charge in [-0.15, -0.1) is 0 Å². The van der Waals surface area contributed by atoms with Gasteiger partial charge in [0.15, 0.2) is 0 Å². The first-order valence-electron chi connectivity index (χ1n) is 1.23. The molecule has 0 aliphatic carbocycles. The Morgan fingerprint density at radius 3 is 1.20 bits per heavy atom. The Bertz CT molecular complexity index is 194. The molecule has 0 atom stereocenters. The summed E-state index contributed by atoms with van der Waals surface area (Å²) < 4.78 is 58.8. The molecule has 0 saturated carbocycles. The average Bonchev–Trinajstić information content (AvgIpc) is 1.19. The molecule has 0 saturated heterocycles. The molecular weight excluding hydrogens is 255 g/mol. The molecule has 1 N–H and O–H groups in total. The van der Waals surface area contributed by atoms with E-state index in [-0.39, 0.29) is 37.7 Å². The Balaban J connectivity index is -0.0000000910. The molecule has 0 spiro atoms. The van der Waals surface area contributed by atoms with E-state index in [9.17, 15) is 0 Å². The van der Waals surface area contributed by atoms with E-state index in [4.69, 9.17) is 27.3 Å². The van der Waals surface area contributed by atoms with Crippen molar-refractivity contribution in [3.05, 3.63) is 0 Å². The summed E-state index contributed by atoms with van der Waals surface area (Å²) in [7, 11) is 0. The van der Waals surface area contributed by atoms with Crippen molar-refractivity contribution in [2.24, 2.45) is 0 Å². The number of hydrogen-bond acceptors (Lipinski definition) is 6. The molecule has 0 unspecified atom stereocenters. The van der Waals surface area contributed by atoms with E-state index >= 15 is 0 Å². The predicted molar refractivity (Wildman–Crippen MR) is 10.7 cm³/mol. The van der Waals surface area contributed by atoms with E-state index in [0.29, 0.717) is 0 Å². The monoisotopic (exact) mass is 256 g/mol. The van der Waals surface area contributed by atoms with E-state index in [1.807, 2.05) is 0 Å². The molecule has 56 valence electrons. The van der Waals surface area contributed by atoms with Crippen molar-refractivity contribution in [1.82, 2.24) is 0 Å². The average molecular weight is 256 g/mol. The summed E-state index contributed by atoms with van der Waals surface area (Å²) in [5, 5.41) is 0. The van der Waals surface area contributed by atoms with Crippen LogP contribution in [0.5, 0.6) is 0 Å². The van der Waals surface area contributed by atoms with E-state index in [1.54, 1.807) is 0 Å². The summed E-state index contributed by atoms with van der Waals surface area (Å²) in [5.41, 5.74) is 0. The second kappa shape index (κ2) is 8.55. The maximum absolute atomic E-state index is 8.67. The molecular formula is HCaCrO7V. The van der Waals surface area contributed by atoms with Crippen LogP contribution in [0, 0.1) is 0 Å². The van der Waals surface area contributed by atoms with Gasteiger partial charge in [-0.1, -0.05) is 0 Å². The fourth-order valence-corrected chi connectivity index (χ4v) is 0. The predicted octanol–water partition coefficient (Wildman–Crippen LogP) is -3.80. The van der Waals surface area contributed by atoms with Crippen molar-refractivity contribution in [3.63, 3.8) is 0 Å². The minimum atomic E-state index is -5.75. The normalized spacial score (nSPS) is 8.30. The van der Waals surface area contributed by atoms with Crippen LogP contribution in [0.4, 0.5) is 0 Å². The van der Waals surface area contributed by atoms with Crippen LogP contribution in [0.2, 0.25) is 0 Å². The van der Waals surface area contributed by atoms with Gasteiger partial charge in [-0.05, 0) is 0 Å². The van der Waals surface area contributed by atoms with Crippen molar-refractivity contribution in [2.75, 3.05) is 0 Å². The van der Waals surface area contributed by atoms with E-state index in [0.717, 1.165) is 0 Å². The van der Waals surface area contributed by atoms with E-state index in [1.165, 1.54) is 0 Å². The van der Waals surface area contributed by atoms with Gasteiger partial charge in [0.1, 0.15) is 0 Å². The molecule has 0 aliphatic rings. The molecule has 7 nitrogen and oxygen atoms in total. The standard InChI is InChI=1S/Ca.Cr.H2O.6O.V/h;;1H2;;;;;;;/q+2;;;;;;;2*-1;+1/p-1. The summed E-state index contributed by atoms with van der Waals surface area (Å²) in [6, 6.07) is 0. The number of hydrogen-bond donors (Lipinski definition) is 1. The van der Waals surface area contributed by atoms with Crippen LogP contribution in [-0.2, 0) is 44.0 Å².